The number of aromatic nitrogens is 4. The molecule has 2 aliphatic rings. The number of halogens is 2. The van der Waals surface area contributed by atoms with Crippen LogP contribution in [0.4, 0.5) is 0 Å². The molecule has 2 aromatic carbocycles. The highest BCUT2D eigenvalue weighted by Gasteiger charge is 2.53. The van der Waals surface area contributed by atoms with Crippen LogP contribution in [0, 0.1) is 25.7 Å². The first-order chi connectivity index (χ1) is 30.2. The van der Waals surface area contributed by atoms with Crippen molar-refractivity contribution in [3.63, 3.8) is 0 Å². The topological polar surface area (TPSA) is 195 Å². The molecule has 2 aliphatic heterocycles. The Morgan fingerprint density at radius 1 is 0.683 bits per heavy atom. The van der Waals surface area contributed by atoms with Crippen LogP contribution in [-0.4, -0.2) is 120 Å². The van der Waals surface area contributed by atoms with Gasteiger partial charge < -0.3 is 38.0 Å². The molecule has 6 rings (SSSR count). The summed E-state index contributed by atoms with van der Waals surface area (Å²) >= 11 is 4.56. The van der Waals surface area contributed by atoms with E-state index in [0.717, 1.165) is 4.43 Å². The Morgan fingerprint density at radius 2 is 1.10 bits per heavy atom. The van der Waals surface area contributed by atoms with Crippen molar-refractivity contribution in [3.05, 3.63) is 126 Å². The lowest BCUT2D eigenvalue weighted by Gasteiger charge is -2.43. The molecule has 0 amide bonds. The SMILES string of the molecule is COCCO[C@@H]1[C@H](CI)[C@@H](CO)O[C@H]1n1cc(C)c(=O)[nH]c1=O.COCCO[C@@H]1[C@H](CI)[C@@H](CO[Si](c2ccccc2)(c2ccccc2)C(C)(C)C)O[C@H]1n1cc(C)c(=O)[nH]c1=O. The molecule has 2 fully saturated rings. The van der Waals surface area contributed by atoms with Crippen molar-refractivity contribution in [2.75, 3.05) is 62.7 Å². The van der Waals surface area contributed by atoms with Crippen molar-refractivity contribution < 1.29 is 38.0 Å². The summed E-state index contributed by atoms with van der Waals surface area (Å²) in [4.78, 5) is 53.3. The second-order valence-electron chi connectivity index (χ2n) is 16.5. The van der Waals surface area contributed by atoms with Crippen molar-refractivity contribution in [3.8, 4) is 0 Å². The van der Waals surface area contributed by atoms with Crippen LogP contribution >= 0.6 is 45.2 Å². The van der Waals surface area contributed by atoms with E-state index >= 15 is 0 Å². The summed E-state index contributed by atoms with van der Waals surface area (Å²) in [5.74, 6) is -0.124. The third-order valence-corrected chi connectivity index (χ3v) is 18.5. The Bertz CT molecular complexity index is 2250. The number of aliphatic hydroxyl groups is 1. The fraction of sp³-hybridized carbons (Fsp3) is 0.545. The fourth-order valence-electron chi connectivity index (χ4n) is 8.19. The van der Waals surface area contributed by atoms with Crippen LogP contribution in [0.2, 0.25) is 5.04 Å². The molecule has 16 nitrogen and oxygen atoms in total. The number of aliphatic hydroxyl groups excluding tert-OH is 1. The zero-order valence-corrected chi connectivity index (χ0v) is 42.1. The molecule has 63 heavy (non-hydrogen) atoms. The minimum absolute atomic E-state index is 0.0557. The largest absolute Gasteiger partial charge is 0.405 e. The van der Waals surface area contributed by atoms with E-state index < -0.39 is 61.6 Å². The molecule has 4 heterocycles. The van der Waals surface area contributed by atoms with Crippen molar-refractivity contribution in [2.24, 2.45) is 11.8 Å². The van der Waals surface area contributed by atoms with Gasteiger partial charge in [0.1, 0.15) is 12.2 Å². The molecular formula is C44H60I2N4O12Si. The highest BCUT2D eigenvalue weighted by atomic mass is 127. The molecule has 19 heteroatoms. The minimum atomic E-state index is -2.80. The van der Waals surface area contributed by atoms with Crippen LogP contribution < -0.4 is 32.9 Å². The molecule has 3 N–H and O–H groups in total. The average Bonchev–Trinajstić information content (AvgIpc) is 3.81. The van der Waals surface area contributed by atoms with E-state index in [0.29, 0.717) is 48.6 Å². The second-order valence-corrected chi connectivity index (χ2v) is 22.6. The maximum Gasteiger partial charge on any atom is 0.330 e. The van der Waals surface area contributed by atoms with E-state index in [1.54, 1.807) is 34.3 Å². The number of alkyl halides is 2. The number of rotatable bonds is 18. The summed E-state index contributed by atoms with van der Waals surface area (Å²) in [6.45, 7) is 11.7. The molecule has 2 aromatic heterocycles. The first-order valence-corrected chi connectivity index (χ1v) is 25.8. The Balaban J connectivity index is 0.000000276. The molecule has 8 atom stereocenters. The summed E-state index contributed by atoms with van der Waals surface area (Å²) in [7, 11) is 0.400. The summed E-state index contributed by atoms with van der Waals surface area (Å²) in [5, 5.41) is 11.7. The number of aryl methyl sites for hydroxylation is 2. The number of methoxy groups -OCH3 is 2. The summed E-state index contributed by atoms with van der Waals surface area (Å²) in [5.41, 5.74) is -1.09. The van der Waals surface area contributed by atoms with Crippen LogP contribution in [0.5, 0.6) is 0 Å². The second kappa shape index (κ2) is 23.6. The maximum atomic E-state index is 12.9. The minimum Gasteiger partial charge on any atom is -0.405 e. The van der Waals surface area contributed by atoms with Crippen LogP contribution in [0.1, 0.15) is 44.4 Å². The van der Waals surface area contributed by atoms with E-state index in [1.165, 1.54) is 25.7 Å². The lowest BCUT2D eigenvalue weighted by atomic mass is 10.0. The third-order valence-electron chi connectivity index (χ3n) is 11.4. The van der Waals surface area contributed by atoms with Gasteiger partial charge in [-0.2, -0.15) is 0 Å². The van der Waals surface area contributed by atoms with Crippen molar-refractivity contribution in [1.82, 2.24) is 19.1 Å². The lowest BCUT2D eigenvalue weighted by Crippen LogP contribution is -2.67. The molecule has 0 radical (unpaired) electrons. The Labute approximate surface area is 395 Å². The summed E-state index contributed by atoms with van der Waals surface area (Å²) in [6.07, 6.45) is -0.0144. The Kier molecular flexibility index (Phi) is 19.1. The molecular weight excluding hydrogens is 1060 g/mol. The number of nitrogens with one attached hydrogen (secondary N) is 2. The number of ether oxygens (including phenoxy) is 6. The van der Waals surface area contributed by atoms with Crippen LogP contribution in [0.15, 0.2) is 92.2 Å². The van der Waals surface area contributed by atoms with Gasteiger partial charge in [-0.15, -0.1) is 0 Å². The van der Waals surface area contributed by atoms with Gasteiger partial charge in [-0.05, 0) is 29.3 Å². The molecule has 0 bridgehead atoms. The maximum absolute atomic E-state index is 12.9. The van der Waals surface area contributed by atoms with Gasteiger partial charge in [0.25, 0.3) is 19.4 Å². The van der Waals surface area contributed by atoms with Crippen LogP contribution in [-0.2, 0) is 32.8 Å². The predicted octanol–water partition coefficient (Wildman–Crippen LogP) is 3.22. The van der Waals surface area contributed by atoms with Gasteiger partial charge in [0.2, 0.25) is 0 Å². The van der Waals surface area contributed by atoms with Crippen LogP contribution in [0.25, 0.3) is 0 Å². The van der Waals surface area contributed by atoms with Gasteiger partial charge in [0.05, 0.1) is 51.8 Å². The van der Waals surface area contributed by atoms with Crippen LogP contribution in [0.3, 0.4) is 0 Å². The molecule has 4 aromatic rings. The number of nitrogens with zero attached hydrogens (tertiary/aromatic N) is 2. The van der Waals surface area contributed by atoms with E-state index in [9.17, 15) is 24.3 Å². The van der Waals surface area contributed by atoms with Gasteiger partial charge in [-0.1, -0.05) is 127 Å². The highest BCUT2D eigenvalue weighted by molar-refractivity contribution is 14.1. The van der Waals surface area contributed by atoms with E-state index in [-0.39, 0.29) is 29.6 Å². The summed E-state index contributed by atoms with van der Waals surface area (Å²) in [6, 6.07) is 21.0. The van der Waals surface area contributed by atoms with Crippen molar-refractivity contribution in [2.45, 2.75) is 76.5 Å². The molecule has 346 valence electrons. The Morgan fingerprint density at radius 3 is 1.48 bits per heavy atom. The Hall–Kier alpha value is -2.84. The van der Waals surface area contributed by atoms with E-state index in [1.807, 2.05) is 12.1 Å². The summed E-state index contributed by atoms with van der Waals surface area (Å²) < 4.78 is 46.2. The number of aromatic amines is 2. The molecule has 0 unspecified atom stereocenters. The number of hydrogen-bond acceptors (Lipinski definition) is 12. The molecule has 0 spiro atoms. The first kappa shape index (κ1) is 51.1. The highest BCUT2D eigenvalue weighted by Crippen LogP contribution is 2.41. The standard InChI is InChI=1S/C30H39IN2O6Si.C14H21IN2O6/c1-21-19-33(29(35)32-27(21)34)28-26(37-17-16-36-5)24(18-31)25(39-28)20-38-40(30(2,3)4,22-12-8-6-9-13-22)23-14-10-7-11-15-23;1-8-6-17(14(20)16-12(8)19)13-11(22-4-3-21-2)9(5-15)10(7-18)23-13/h6-15,19,24-26,28H,16-18,20H2,1-5H3,(H,32,34,35);6,9-11,13,18H,3-5,7H2,1-2H3,(H,16,19,20)/t24-,25-,26-,28-;9-,10-,11-,13-/m11/s1. The van der Waals surface area contributed by atoms with Gasteiger partial charge in [0.15, 0.2) is 12.5 Å². The molecule has 2 saturated heterocycles. The normalized spacial score (nSPS) is 23.7. The molecule has 0 saturated carbocycles. The zero-order valence-electron chi connectivity index (χ0n) is 36.8. The van der Waals surface area contributed by atoms with Gasteiger partial charge in [-0.3, -0.25) is 28.7 Å². The van der Waals surface area contributed by atoms with Gasteiger partial charge in [-0.25, -0.2) is 9.59 Å². The number of benzene rings is 2. The van der Waals surface area contributed by atoms with Crippen molar-refractivity contribution >= 4 is 63.9 Å². The third kappa shape index (κ3) is 11.8. The average molecular weight is 1120 g/mol. The van der Waals surface area contributed by atoms with E-state index in [2.05, 4.69) is 124 Å². The lowest BCUT2D eigenvalue weighted by molar-refractivity contribution is -0.0794. The quantitative estimate of drug-likeness (QED) is 0.0572. The zero-order chi connectivity index (χ0) is 45.9. The number of H-pyrrole nitrogens is 2. The van der Waals surface area contributed by atoms with Gasteiger partial charge >= 0.3 is 11.4 Å². The predicted molar refractivity (Wildman–Crippen MR) is 259 cm³/mol. The number of hydrogen-bond donors (Lipinski definition) is 3. The van der Waals surface area contributed by atoms with E-state index in [4.69, 9.17) is 32.8 Å². The molecule has 0 aliphatic carbocycles. The monoisotopic (exact) mass is 1120 g/mol. The fourth-order valence-corrected chi connectivity index (χ4v) is 14.9. The smallest absolute Gasteiger partial charge is 0.330 e. The first-order valence-electron chi connectivity index (χ1n) is 20.8. The van der Waals surface area contributed by atoms with Gasteiger partial charge in [0, 0.05) is 58.4 Å². The van der Waals surface area contributed by atoms with Crippen molar-refractivity contribution in [1.29, 1.82) is 0 Å².